The number of hydrogen-bond acceptors (Lipinski definition) is 3. The second-order valence-electron chi connectivity index (χ2n) is 5.28. The largest absolute Gasteiger partial charge is 0.290 e. The van der Waals surface area contributed by atoms with Crippen molar-refractivity contribution in [2.24, 2.45) is 0 Å². The van der Waals surface area contributed by atoms with Crippen molar-refractivity contribution in [2.45, 2.75) is 31.7 Å². The van der Waals surface area contributed by atoms with Gasteiger partial charge in [0.05, 0.1) is 4.91 Å². The van der Waals surface area contributed by atoms with E-state index in [2.05, 4.69) is 0 Å². The number of carbonyl (C=O) groups is 1. The fourth-order valence-corrected chi connectivity index (χ4v) is 4.13. The maximum Gasteiger partial charge on any atom is 0.266 e. The van der Waals surface area contributed by atoms with Crippen LogP contribution >= 0.6 is 24.0 Å². The molecule has 4 heteroatoms. The number of amides is 1. The van der Waals surface area contributed by atoms with Gasteiger partial charge in [-0.1, -0.05) is 79.3 Å². The fourth-order valence-electron chi connectivity index (χ4n) is 2.78. The van der Waals surface area contributed by atoms with Gasteiger partial charge in [0.1, 0.15) is 4.32 Å². The molecule has 0 spiro atoms. The Bertz CT molecular complexity index is 600. The van der Waals surface area contributed by atoms with E-state index in [-0.39, 0.29) is 5.91 Å². The van der Waals surface area contributed by atoms with E-state index < -0.39 is 0 Å². The van der Waals surface area contributed by atoms with Crippen molar-refractivity contribution in [3.63, 3.8) is 0 Å². The highest BCUT2D eigenvalue weighted by Crippen LogP contribution is 2.36. The van der Waals surface area contributed by atoms with Crippen LogP contribution in [0.15, 0.2) is 47.4 Å². The summed E-state index contributed by atoms with van der Waals surface area (Å²) in [6, 6.07) is 10.4. The van der Waals surface area contributed by atoms with E-state index in [1.807, 2.05) is 53.5 Å². The summed E-state index contributed by atoms with van der Waals surface area (Å²) in [5.74, 6) is 0.0783. The van der Waals surface area contributed by atoms with Gasteiger partial charge >= 0.3 is 0 Å². The molecule has 2 aliphatic rings. The summed E-state index contributed by atoms with van der Waals surface area (Å²) in [4.78, 5) is 15.0. The summed E-state index contributed by atoms with van der Waals surface area (Å²) in [5.41, 5.74) is 1.13. The van der Waals surface area contributed by atoms with Crippen LogP contribution in [0.5, 0.6) is 0 Å². The van der Waals surface area contributed by atoms with Gasteiger partial charge in [0, 0.05) is 6.04 Å². The van der Waals surface area contributed by atoms with Crippen molar-refractivity contribution in [1.82, 2.24) is 4.90 Å². The average molecular weight is 315 g/mol. The first-order chi connectivity index (χ1) is 10.3. The molecule has 1 aromatic rings. The lowest BCUT2D eigenvalue weighted by molar-refractivity contribution is -0.123. The molecule has 0 N–H and O–H groups in total. The van der Waals surface area contributed by atoms with E-state index in [1.165, 1.54) is 24.6 Å². The Morgan fingerprint density at radius 3 is 2.62 bits per heavy atom. The molecule has 0 radical (unpaired) electrons. The minimum Gasteiger partial charge on any atom is -0.290 e. The number of benzene rings is 1. The van der Waals surface area contributed by atoms with E-state index in [0.717, 1.165) is 23.3 Å². The van der Waals surface area contributed by atoms with Gasteiger partial charge in [-0.05, 0) is 24.5 Å². The molecule has 0 aromatic heterocycles. The number of allylic oxidation sites excluding steroid dienone is 2. The zero-order valence-electron chi connectivity index (χ0n) is 11.7. The molecular formula is C17H17NOS2. The molecule has 1 saturated heterocycles. The highest BCUT2D eigenvalue weighted by atomic mass is 32.2. The van der Waals surface area contributed by atoms with Crippen LogP contribution < -0.4 is 0 Å². The maximum absolute atomic E-state index is 12.5. The molecule has 1 aliphatic heterocycles. The molecule has 1 heterocycles. The third-order valence-electron chi connectivity index (χ3n) is 3.85. The summed E-state index contributed by atoms with van der Waals surface area (Å²) in [5, 5.41) is 0. The quantitative estimate of drug-likeness (QED) is 0.609. The van der Waals surface area contributed by atoms with Crippen molar-refractivity contribution >= 4 is 40.3 Å². The SMILES string of the molecule is O=C1/C(=C/C=C/c2ccccc2)SC(=S)N1C1CCCC1. The summed E-state index contributed by atoms with van der Waals surface area (Å²) < 4.78 is 0.714. The lowest BCUT2D eigenvalue weighted by atomic mass is 10.2. The fraction of sp³-hybridized carbons (Fsp3) is 0.294. The van der Waals surface area contributed by atoms with Crippen LogP contribution in [0.1, 0.15) is 31.2 Å². The predicted octanol–water partition coefficient (Wildman–Crippen LogP) is 4.39. The van der Waals surface area contributed by atoms with Crippen LogP contribution in [0.4, 0.5) is 0 Å². The van der Waals surface area contributed by atoms with E-state index in [1.54, 1.807) is 0 Å². The molecule has 108 valence electrons. The Morgan fingerprint density at radius 1 is 1.19 bits per heavy atom. The standard InChI is InChI=1S/C17H17NOS2/c19-16-15(12-6-9-13-7-2-1-3-8-13)21-17(20)18(16)14-10-4-5-11-14/h1-3,6-9,12,14H,4-5,10-11H2/b9-6+,15-12-. The zero-order chi connectivity index (χ0) is 14.7. The van der Waals surface area contributed by atoms with E-state index in [9.17, 15) is 4.79 Å². The Labute approximate surface area is 134 Å². The molecule has 2 nitrogen and oxygen atoms in total. The minimum absolute atomic E-state index is 0.0783. The predicted molar refractivity (Wildman–Crippen MR) is 92.9 cm³/mol. The molecular weight excluding hydrogens is 298 g/mol. The first kappa shape index (κ1) is 14.5. The van der Waals surface area contributed by atoms with E-state index >= 15 is 0 Å². The molecule has 1 aliphatic carbocycles. The Balaban J connectivity index is 1.71. The van der Waals surface area contributed by atoms with Gasteiger partial charge < -0.3 is 0 Å². The number of hydrogen-bond donors (Lipinski definition) is 0. The first-order valence-electron chi connectivity index (χ1n) is 7.24. The van der Waals surface area contributed by atoms with Gasteiger partial charge in [-0.15, -0.1) is 0 Å². The third-order valence-corrected chi connectivity index (χ3v) is 5.20. The van der Waals surface area contributed by atoms with Gasteiger partial charge in [0.15, 0.2) is 0 Å². The average Bonchev–Trinajstić information content (AvgIpc) is 3.09. The lowest BCUT2D eigenvalue weighted by Crippen LogP contribution is -2.36. The van der Waals surface area contributed by atoms with Gasteiger partial charge in [0.2, 0.25) is 0 Å². The van der Waals surface area contributed by atoms with Crippen LogP contribution in [0.2, 0.25) is 0 Å². The van der Waals surface area contributed by atoms with Crippen LogP contribution in [-0.4, -0.2) is 21.2 Å². The van der Waals surface area contributed by atoms with Crippen LogP contribution in [-0.2, 0) is 4.79 Å². The summed E-state index contributed by atoms with van der Waals surface area (Å²) in [6.45, 7) is 0. The zero-order valence-corrected chi connectivity index (χ0v) is 13.3. The van der Waals surface area contributed by atoms with Gasteiger partial charge in [0.25, 0.3) is 5.91 Å². The van der Waals surface area contributed by atoms with Crippen molar-refractivity contribution in [1.29, 1.82) is 0 Å². The number of nitrogens with zero attached hydrogens (tertiary/aromatic N) is 1. The second-order valence-corrected chi connectivity index (χ2v) is 6.96. The van der Waals surface area contributed by atoms with Gasteiger partial charge in [-0.2, -0.15) is 0 Å². The normalized spacial score (nSPS) is 22.1. The van der Waals surface area contributed by atoms with Crippen LogP contribution in [0.3, 0.4) is 0 Å². The highest BCUT2D eigenvalue weighted by Gasteiger charge is 2.37. The number of carbonyl (C=O) groups excluding carboxylic acids is 1. The van der Waals surface area contributed by atoms with Crippen LogP contribution in [0, 0.1) is 0 Å². The van der Waals surface area contributed by atoms with Crippen molar-refractivity contribution in [3.05, 3.63) is 53.0 Å². The Morgan fingerprint density at radius 2 is 1.90 bits per heavy atom. The monoisotopic (exact) mass is 315 g/mol. The number of thioether (sulfide) groups is 1. The lowest BCUT2D eigenvalue weighted by Gasteiger charge is -2.21. The molecule has 0 unspecified atom stereocenters. The Hall–Kier alpha value is -1.39. The van der Waals surface area contributed by atoms with Crippen molar-refractivity contribution < 1.29 is 4.79 Å². The minimum atomic E-state index is 0.0783. The number of thiocarbonyl (C=S) groups is 1. The molecule has 3 rings (SSSR count). The summed E-state index contributed by atoms with van der Waals surface area (Å²) in [7, 11) is 0. The number of rotatable bonds is 3. The topological polar surface area (TPSA) is 20.3 Å². The molecule has 1 amide bonds. The molecule has 0 bridgehead atoms. The molecule has 1 saturated carbocycles. The van der Waals surface area contributed by atoms with E-state index in [0.29, 0.717) is 10.4 Å². The van der Waals surface area contributed by atoms with Crippen molar-refractivity contribution in [3.8, 4) is 0 Å². The molecule has 1 aromatic carbocycles. The van der Waals surface area contributed by atoms with Crippen LogP contribution in [0.25, 0.3) is 6.08 Å². The third kappa shape index (κ3) is 3.27. The molecule has 0 atom stereocenters. The van der Waals surface area contributed by atoms with E-state index in [4.69, 9.17) is 12.2 Å². The highest BCUT2D eigenvalue weighted by molar-refractivity contribution is 8.26. The molecule has 2 fully saturated rings. The summed E-state index contributed by atoms with van der Waals surface area (Å²) in [6.07, 6.45) is 10.4. The van der Waals surface area contributed by atoms with Gasteiger partial charge in [-0.3, -0.25) is 9.69 Å². The smallest absolute Gasteiger partial charge is 0.266 e. The van der Waals surface area contributed by atoms with Crippen molar-refractivity contribution in [2.75, 3.05) is 0 Å². The molecule has 21 heavy (non-hydrogen) atoms. The second kappa shape index (κ2) is 6.58. The first-order valence-corrected chi connectivity index (χ1v) is 8.47. The maximum atomic E-state index is 12.5. The summed E-state index contributed by atoms with van der Waals surface area (Å²) >= 11 is 6.80. The van der Waals surface area contributed by atoms with Gasteiger partial charge in [-0.25, -0.2) is 0 Å². The Kier molecular flexibility index (Phi) is 4.56.